The lowest BCUT2D eigenvalue weighted by atomic mass is 10.1. The molecule has 1 aliphatic rings. The Morgan fingerprint density at radius 3 is 2.29 bits per heavy atom. The van der Waals surface area contributed by atoms with E-state index in [1.807, 2.05) is 78.9 Å². The summed E-state index contributed by atoms with van der Waals surface area (Å²) in [5, 5.41) is 3.80. The monoisotopic (exact) mass is 539 g/mol. The van der Waals surface area contributed by atoms with Gasteiger partial charge in [-0.15, -0.1) is 0 Å². The highest BCUT2D eigenvalue weighted by molar-refractivity contribution is 8.19. The fraction of sp³-hybridized carbons (Fsp3) is 0.0333. The second-order valence-electron chi connectivity index (χ2n) is 8.20. The first-order valence-corrected chi connectivity index (χ1v) is 13.0. The van der Waals surface area contributed by atoms with E-state index in [0.717, 1.165) is 5.69 Å². The third-order valence-electron chi connectivity index (χ3n) is 5.48. The minimum atomic E-state index is -0.302. The summed E-state index contributed by atoms with van der Waals surface area (Å²) >= 11 is 7.54. The van der Waals surface area contributed by atoms with E-state index < -0.39 is 0 Å². The van der Waals surface area contributed by atoms with Crippen molar-refractivity contribution in [1.29, 1.82) is 0 Å². The molecule has 1 fully saturated rings. The van der Waals surface area contributed by atoms with Gasteiger partial charge < -0.3 is 10.1 Å². The van der Waals surface area contributed by atoms with Crippen LogP contribution in [0, 0.1) is 0 Å². The van der Waals surface area contributed by atoms with Crippen LogP contribution in [0.2, 0.25) is 5.02 Å². The van der Waals surface area contributed by atoms with Gasteiger partial charge in [-0.25, -0.2) is 4.99 Å². The minimum absolute atomic E-state index is 0.204. The first-order valence-electron chi connectivity index (χ1n) is 11.8. The third kappa shape index (κ3) is 6.14. The predicted octanol–water partition coefficient (Wildman–Crippen LogP) is 7.17. The molecule has 0 saturated carbocycles. The zero-order valence-corrected chi connectivity index (χ0v) is 21.7. The highest BCUT2D eigenvalue weighted by Crippen LogP contribution is 2.38. The number of amidine groups is 1. The topological polar surface area (TPSA) is 71.0 Å². The molecule has 6 nitrogen and oxygen atoms in total. The number of halogens is 1. The maximum Gasteiger partial charge on any atom is 0.271 e. The van der Waals surface area contributed by atoms with Gasteiger partial charge in [-0.2, -0.15) is 0 Å². The summed E-state index contributed by atoms with van der Waals surface area (Å²) in [4.78, 5) is 32.8. The van der Waals surface area contributed by atoms with Crippen LogP contribution in [0.4, 0.5) is 17.1 Å². The van der Waals surface area contributed by atoms with Gasteiger partial charge in [0.05, 0.1) is 16.3 Å². The van der Waals surface area contributed by atoms with Crippen molar-refractivity contribution < 1.29 is 14.3 Å². The third-order valence-corrected chi connectivity index (χ3v) is 6.68. The molecule has 5 rings (SSSR count). The maximum atomic E-state index is 13.6. The molecule has 38 heavy (non-hydrogen) atoms. The molecule has 4 aromatic rings. The Morgan fingerprint density at radius 2 is 1.58 bits per heavy atom. The lowest BCUT2D eigenvalue weighted by molar-refractivity contribution is -0.118. The molecule has 0 atom stereocenters. The van der Waals surface area contributed by atoms with Crippen molar-refractivity contribution in [2.24, 2.45) is 4.99 Å². The highest BCUT2D eigenvalue weighted by atomic mass is 35.5. The van der Waals surface area contributed by atoms with Crippen LogP contribution in [0.15, 0.2) is 119 Å². The van der Waals surface area contributed by atoms with Gasteiger partial charge in [0.15, 0.2) is 11.8 Å². The number of nitrogens with one attached hydrogen (secondary N) is 1. The van der Waals surface area contributed by atoms with Gasteiger partial charge in [0.1, 0.15) is 5.75 Å². The number of benzene rings is 4. The lowest BCUT2D eigenvalue weighted by Crippen LogP contribution is -2.28. The summed E-state index contributed by atoms with van der Waals surface area (Å²) in [6.45, 7) is -0.204. The number of thioether (sulfide) groups is 1. The number of para-hydroxylation sites is 3. The molecule has 0 aliphatic carbocycles. The van der Waals surface area contributed by atoms with Crippen molar-refractivity contribution in [2.75, 3.05) is 16.8 Å². The maximum absolute atomic E-state index is 13.6. The summed E-state index contributed by atoms with van der Waals surface area (Å²) in [6, 6.07) is 33.0. The van der Waals surface area contributed by atoms with E-state index in [9.17, 15) is 9.59 Å². The Morgan fingerprint density at radius 1 is 0.921 bits per heavy atom. The fourth-order valence-electron chi connectivity index (χ4n) is 3.73. The average Bonchev–Trinajstić information content (AvgIpc) is 3.23. The highest BCUT2D eigenvalue weighted by Gasteiger charge is 2.35. The van der Waals surface area contributed by atoms with Crippen molar-refractivity contribution >= 4 is 63.5 Å². The second kappa shape index (κ2) is 11.8. The van der Waals surface area contributed by atoms with Gasteiger partial charge in [0.25, 0.3) is 11.8 Å². The van der Waals surface area contributed by atoms with Gasteiger partial charge >= 0.3 is 0 Å². The number of amides is 2. The molecular weight excluding hydrogens is 518 g/mol. The van der Waals surface area contributed by atoms with Crippen LogP contribution in [0.1, 0.15) is 5.56 Å². The molecule has 2 amide bonds. The molecular formula is C30H22ClN3O3S. The number of hydrogen-bond donors (Lipinski definition) is 1. The van der Waals surface area contributed by atoms with Gasteiger partial charge in [-0.1, -0.05) is 66.2 Å². The van der Waals surface area contributed by atoms with Gasteiger partial charge in [0.2, 0.25) is 0 Å². The van der Waals surface area contributed by atoms with Crippen molar-refractivity contribution in [3.63, 3.8) is 0 Å². The Balaban J connectivity index is 1.42. The van der Waals surface area contributed by atoms with Crippen molar-refractivity contribution in [3.8, 4) is 5.75 Å². The number of aliphatic imine (C=N–C) groups is 1. The van der Waals surface area contributed by atoms with E-state index in [0.29, 0.717) is 37.8 Å². The Labute approximate surface area is 229 Å². The van der Waals surface area contributed by atoms with Gasteiger partial charge in [-0.05, 0) is 72.4 Å². The molecule has 1 heterocycles. The van der Waals surface area contributed by atoms with Gasteiger partial charge in [-0.3, -0.25) is 14.5 Å². The summed E-state index contributed by atoms with van der Waals surface area (Å²) in [5.74, 6) is -0.0922. The summed E-state index contributed by atoms with van der Waals surface area (Å²) in [6.07, 6.45) is 1.72. The van der Waals surface area contributed by atoms with E-state index in [-0.39, 0.29) is 18.4 Å². The molecule has 0 radical (unpaired) electrons. The van der Waals surface area contributed by atoms with Crippen LogP contribution in [0.3, 0.4) is 0 Å². The molecule has 8 heteroatoms. The number of nitrogens with zero attached hydrogens (tertiary/aromatic N) is 2. The molecule has 1 saturated heterocycles. The van der Waals surface area contributed by atoms with E-state index in [2.05, 4.69) is 5.32 Å². The Bertz CT molecular complexity index is 1510. The van der Waals surface area contributed by atoms with E-state index in [4.69, 9.17) is 21.3 Å². The zero-order valence-electron chi connectivity index (χ0n) is 20.1. The van der Waals surface area contributed by atoms with E-state index in [1.165, 1.54) is 11.8 Å². The number of anilines is 2. The largest absolute Gasteiger partial charge is 0.483 e. The number of carbonyl (C=O) groups is 2. The van der Waals surface area contributed by atoms with Crippen molar-refractivity contribution in [2.45, 2.75) is 0 Å². The molecule has 0 spiro atoms. The van der Waals surface area contributed by atoms with Crippen LogP contribution >= 0.6 is 23.4 Å². The fourth-order valence-corrected chi connectivity index (χ4v) is 4.91. The van der Waals surface area contributed by atoms with E-state index >= 15 is 0 Å². The van der Waals surface area contributed by atoms with Crippen LogP contribution in [0.5, 0.6) is 5.75 Å². The van der Waals surface area contributed by atoms with Gasteiger partial charge in [0, 0.05) is 16.3 Å². The summed E-state index contributed by atoms with van der Waals surface area (Å²) in [5.41, 5.74) is 2.71. The Kier molecular flexibility index (Phi) is 7.87. The summed E-state index contributed by atoms with van der Waals surface area (Å²) < 4.78 is 5.83. The number of carbonyl (C=O) groups excluding carboxylic acids is 2. The van der Waals surface area contributed by atoms with E-state index in [1.54, 1.807) is 41.3 Å². The lowest BCUT2D eigenvalue weighted by Gasteiger charge is -2.15. The first kappa shape index (κ1) is 25.3. The number of hydrogen-bond acceptors (Lipinski definition) is 5. The van der Waals surface area contributed by atoms with Crippen LogP contribution < -0.4 is 15.0 Å². The average molecular weight is 540 g/mol. The second-order valence-corrected chi connectivity index (χ2v) is 9.65. The SMILES string of the molecule is O=C(COc1ccc(Cl)cc1/C=C1\SC(=Nc2ccccc2)N(c2ccccc2)C1=O)Nc1ccccc1. The van der Waals surface area contributed by atoms with Crippen molar-refractivity contribution in [1.82, 2.24) is 0 Å². The molecule has 1 N–H and O–H groups in total. The quantitative estimate of drug-likeness (QED) is 0.253. The number of ether oxygens (including phenoxy) is 1. The molecule has 1 aliphatic heterocycles. The molecule has 4 aromatic carbocycles. The standard InChI is InChI=1S/C30H22ClN3O3S/c31-22-16-17-26(37-20-28(35)32-23-10-4-1-5-11-23)21(18-22)19-27-29(36)34(25-14-8-3-9-15-25)30(38-27)33-24-12-6-2-7-13-24/h1-19H,20H2,(H,32,35)/b27-19-,33-30?. The molecule has 0 aromatic heterocycles. The molecule has 0 bridgehead atoms. The molecule has 188 valence electrons. The van der Waals surface area contributed by atoms with Crippen LogP contribution in [0.25, 0.3) is 6.08 Å². The minimum Gasteiger partial charge on any atom is -0.483 e. The summed E-state index contributed by atoms with van der Waals surface area (Å²) in [7, 11) is 0. The zero-order chi connectivity index (χ0) is 26.3. The van der Waals surface area contributed by atoms with Crippen LogP contribution in [-0.2, 0) is 9.59 Å². The van der Waals surface area contributed by atoms with Crippen molar-refractivity contribution in [3.05, 3.63) is 125 Å². The predicted molar refractivity (Wildman–Crippen MR) is 155 cm³/mol. The smallest absolute Gasteiger partial charge is 0.271 e. The first-order chi connectivity index (χ1) is 18.6. The molecule has 0 unspecified atom stereocenters. The normalized spacial score (nSPS) is 15.2. The van der Waals surface area contributed by atoms with Crippen LogP contribution in [-0.4, -0.2) is 23.6 Å². The number of rotatable bonds is 7. The Hall–Kier alpha value is -4.33.